The summed E-state index contributed by atoms with van der Waals surface area (Å²) in [5, 5.41) is 3.48. The number of hydrogen-bond acceptors (Lipinski definition) is 3. The van der Waals surface area contributed by atoms with Crippen molar-refractivity contribution < 1.29 is 26.4 Å². The molecule has 0 aliphatic heterocycles. The number of hydrogen-bond donors (Lipinski definition) is 1. The molecule has 26 heavy (non-hydrogen) atoms. The Morgan fingerprint density at radius 2 is 1.58 bits per heavy atom. The highest BCUT2D eigenvalue weighted by molar-refractivity contribution is 5.59. The van der Waals surface area contributed by atoms with Crippen molar-refractivity contribution in [1.29, 1.82) is 0 Å². The van der Waals surface area contributed by atoms with E-state index in [1.54, 1.807) is 14.2 Å². The largest absolute Gasteiger partial charge is 1.00 e. The van der Waals surface area contributed by atoms with Crippen LogP contribution in [0.1, 0.15) is 18.1 Å². The number of rotatable bonds is 9. The van der Waals surface area contributed by atoms with Crippen molar-refractivity contribution in [3.8, 4) is 11.5 Å². The first-order chi connectivity index (χ1) is 12.0. The lowest BCUT2D eigenvalue weighted by atomic mass is 10.1. The third kappa shape index (κ3) is 6.43. The van der Waals surface area contributed by atoms with Crippen molar-refractivity contribution >= 4 is 5.69 Å². The van der Waals surface area contributed by atoms with Crippen LogP contribution >= 0.6 is 0 Å². The van der Waals surface area contributed by atoms with E-state index in [1.807, 2.05) is 18.2 Å². The summed E-state index contributed by atoms with van der Waals surface area (Å²) < 4.78 is 11.6. The van der Waals surface area contributed by atoms with E-state index in [0.29, 0.717) is 0 Å². The van der Waals surface area contributed by atoms with E-state index in [-0.39, 0.29) is 12.4 Å². The molecule has 2 aromatic rings. The fraction of sp³-hybridized carbons (Fsp3) is 0.429. The molecular formula is C21H31ClN2O2. The summed E-state index contributed by atoms with van der Waals surface area (Å²) in [5.74, 6) is 1.66. The van der Waals surface area contributed by atoms with E-state index in [2.05, 4.69) is 50.6 Å². The molecule has 0 aliphatic rings. The molecule has 0 amide bonds. The van der Waals surface area contributed by atoms with Gasteiger partial charge in [0, 0.05) is 11.6 Å². The molecule has 0 spiro atoms. The molecule has 4 nitrogen and oxygen atoms in total. The lowest BCUT2D eigenvalue weighted by molar-refractivity contribution is -0.902. The van der Waals surface area contributed by atoms with Gasteiger partial charge >= 0.3 is 0 Å². The van der Waals surface area contributed by atoms with Crippen molar-refractivity contribution in [2.24, 2.45) is 0 Å². The van der Waals surface area contributed by atoms with Gasteiger partial charge in [-0.2, -0.15) is 0 Å². The van der Waals surface area contributed by atoms with Crippen LogP contribution in [0.25, 0.3) is 0 Å². The molecule has 5 heteroatoms. The quantitative estimate of drug-likeness (QED) is 0.659. The second-order valence-corrected chi connectivity index (χ2v) is 6.98. The van der Waals surface area contributed by atoms with Gasteiger partial charge in [-0.1, -0.05) is 31.2 Å². The minimum absolute atomic E-state index is 0. The monoisotopic (exact) mass is 378 g/mol. The molecule has 144 valence electrons. The molecule has 1 N–H and O–H groups in total. The second kappa shape index (κ2) is 10.3. The lowest BCUT2D eigenvalue weighted by Gasteiger charge is -2.30. The lowest BCUT2D eigenvalue weighted by Crippen LogP contribution is -3.00. The predicted octanol–water partition coefficient (Wildman–Crippen LogP) is 0.959. The van der Waals surface area contributed by atoms with Gasteiger partial charge in [-0.3, -0.25) is 0 Å². The smallest absolute Gasteiger partial charge is 0.142 e. The second-order valence-electron chi connectivity index (χ2n) is 6.98. The van der Waals surface area contributed by atoms with Crippen molar-refractivity contribution in [1.82, 2.24) is 0 Å². The Balaban J connectivity index is 0.00000338. The first-order valence-electron chi connectivity index (χ1n) is 8.83. The van der Waals surface area contributed by atoms with Gasteiger partial charge < -0.3 is 31.7 Å². The number of nitrogens with one attached hydrogen (secondary N) is 1. The third-order valence-electron chi connectivity index (χ3n) is 4.48. The average Bonchev–Trinajstić information content (AvgIpc) is 2.61. The molecule has 2 rings (SSSR count). The van der Waals surface area contributed by atoms with E-state index >= 15 is 0 Å². The summed E-state index contributed by atoms with van der Waals surface area (Å²) >= 11 is 0. The summed E-state index contributed by atoms with van der Waals surface area (Å²) in [6.45, 7) is 5.08. The molecule has 0 fully saturated rings. The molecule has 0 aliphatic carbocycles. The maximum atomic E-state index is 5.42. The van der Waals surface area contributed by atoms with Crippen LogP contribution in [0.15, 0.2) is 42.5 Å². The van der Waals surface area contributed by atoms with Gasteiger partial charge in [0.2, 0.25) is 0 Å². The summed E-state index contributed by atoms with van der Waals surface area (Å²) in [5.41, 5.74) is 3.73. The summed E-state index contributed by atoms with van der Waals surface area (Å²) in [7, 11) is 7.89. The van der Waals surface area contributed by atoms with E-state index in [0.717, 1.165) is 47.7 Å². The van der Waals surface area contributed by atoms with Crippen molar-refractivity contribution in [3.63, 3.8) is 0 Å². The van der Waals surface area contributed by atoms with E-state index < -0.39 is 0 Å². The molecule has 0 heterocycles. The Kier molecular flexibility index (Phi) is 8.76. The van der Waals surface area contributed by atoms with Gasteiger partial charge in [0.1, 0.15) is 18.0 Å². The molecule has 0 aromatic heterocycles. The number of anilines is 1. The van der Waals surface area contributed by atoms with Gasteiger partial charge in [0.15, 0.2) is 0 Å². The summed E-state index contributed by atoms with van der Waals surface area (Å²) in [4.78, 5) is 0. The molecule has 0 radical (unpaired) electrons. The molecule has 0 saturated heterocycles. The molecule has 0 saturated carbocycles. The number of benzene rings is 2. The molecule has 0 atom stereocenters. The van der Waals surface area contributed by atoms with Crippen molar-refractivity contribution in [3.05, 3.63) is 53.6 Å². The van der Waals surface area contributed by atoms with Crippen molar-refractivity contribution in [2.75, 3.05) is 46.7 Å². The first-order valence-corrected chi connectivity index (χ1v) is 8.83. The zero-order valence-corrected chi connectivity index (χ0v) is 17.3. The van der Waals surface area contributed by atoms with Crippen LogP contribution in [-0.4, -0.2) is 45.9 Å². The van der Waals surface area contributed by atoms with Gasteiger partial charge in [-0.25, -0.2) is 0 Å². The fourth-order valence-electron chi connectivity index (χ4n) is 2.90. The van der Waals surface area contributed by atoms with E-state index in [1.165, 1.54) is 11.1 Å². The third-order valence-corrected chi connectivity index (χ3v) is 4.48. The highest BCUT2D eigenvalue weighted by atomic mass is 35.5. The maximum absolute atomic E-state index is 5.42. The number of aryl methyl sites for hydroxylation is 1. The molecule has 2 aromatic carbocycles. The van der Waals surface area contributed by atoms with Gasteiger partial charge in [0.25, 0.3) is 0 Å². The Hall–Kier alpha value is -1.91. The van der Waals surface area contributed by atoms with Crippen LogP contribution in [0.4, 0.5) is 5.69 Å². The standard InChI is InChI=1S/C21H31N2O2.ClH/c1-6-17-7-9-18(10-8-17)16-23(2,3)14-13-22-20-15-19(24-4)11-12-21(20)25-5;/h7-12,15,22H,6,13-14,16H2,1-5H3;1H/q+1;/p-1. The highest BCUT2D eigenvalue weighted by Gasteiger charge is 2.16. The summed E-state index contributed by atoms with van der Waals surface area (Å²) in [6.07, 6.45) is 1.09. The Labute approximate surface area is 164 Å². The fourth-order valence-corrected chi connectivity index (χ4v) is 2.90. The van der Waals surface area contributed by atoms with Gasteiger partial charge in [0.05, 0.1) is 47.1 Å². The van der Waals surface area contributed by atoms with Crippen LogP contribution in [0, 0.1) is 0 Å². The Morgan fingerprint density at radius 3 is 2.15 bits per heavy atom. The van der Waals surface area contributed by atoms with Gasteiger partial charge in [-0.05, 0) is 24.1 Å². The predicted molar refractivity (Wildman–Crippen MR) is 105 cm³/mol. The SMILES string of the molecule is CCc1ccc(C[N+](C)(C)CCNc2cc(OC)ccc2OC)cc1.[Cl-]. The zero-order chi connectivity index (χ0) is 18.3. The number of likely N-dealkylation sites (N-methyl/N-ethyl adjacent to an activating group) is 1. The maximum Gasteiger partial charge on any atom is 0.142 e. The highest BCUT2D eigenvalue weighted by Crippen LogP contribution is 2.28. The Bertz CT molecular complexity index is 672. The van der Waals surface area contributed by atoms with Crippen LogP contribution in [0.5, 0.6) is 11.5 Å². The van der Waals surface area contributed by atoms with Crippen LogP contribution in [-0.2, 0) is 13.0 Å². The zero-order valence-electron chi connectivity index (χ0n) is 16.5. The minimum atomic E-state index is 0. The number of ether oxygens (including phenoxy) is 2. The number of nitrogens with zero attached hydrogens (tertiary/aromatic N) is 1. The number of quaternary nitrogens is 1. The number of methoxy groups -OCH3 is 2. The van der Waals surface area contributed by atoms with Crippen LogP contribution in [0.2, 0.25) is 0 Å². The number of halogens is 1. The average molecular weight is 379 g/mol. The normalized spacial score (nSPS) is 10.8. The van der Waals surface area contributed by atoms with Crippen molar-refractivity contribution in [2.45, 2.75) is 19.9 Å². The minimum Gasteiger partial charge on any atom is -1.00 e. The molecular weight excluding hydrogens is 348 g/mol. The molecule has 0 unspecified atom stereocenters. The molecule has 0 bridgehead atoms. The van der Waals surface area contributed by atoms with Crippen LogP contribution < -0.4 is 27.2 Å². The van der Waals surface area contributed by atoms with E-state index in [9.17, 15) is 0 Å². The topological polar surface area (TPSA) is 30.5 Å². The van der Waals surface area contributed by atoms with E-state index in [4.69, 9.17) is 9.47 Å². The first kappa shape index (κ1) is 22.1. The summed E-state index contributed by atoms with van der Waals surface area (Å²) in [6, 6.07) is 14.8. The van der Waals surface area contributed by atoms with Crippen LogP contribution in [0.3, 0.4) is 0 Å². The van der Waals surface area contributed by atoms with Gasteiger partial charge in [-0.15, -0.1) is 0 Å². The Morgan fingerprint density at radius 1 is 0.923 bits per heavy atom.